The molecule has 27 heavy (non-hydrogen) atoms. The van der Waals surface area contributed by atoms with Crippen molar-refractivity contribution in [3.8, 4) is 11.5 Å². The van der Waals surface area contributed by atoms with E-state index in [0.29, 0.717) is 21.7 Å². The Morgan fingerprint density at radius 3 is 2.85 bits per heavy atom. The van der Waals surface area contributed by atoms with E-state index in [4.69, 9.17) is 21.1 Å². The molecule has 0 saturated heterocycles. The molecule has 0 unspecified atom stereocenters. The zero-order valence-electron chi connectivity index (χ0n) is 14.4. The quantitative estimate of drug-likeness (QED) is 0.653. The molecule has 0 bridgehead atoms. The van der Waals surface area contributed by atoms with Crippen LogP contribution in [-0.2, 0) is 4.74 Å². The molecule has 1 heterocycles. The monoisotopic (exact) mass is 385 g/mol. The number of benzene rings is 2. The zero-order valence-corrected chi connectivity index (χ0v) is 15.1. The predicted octanol–water partition coefficient (Wildman–Crippen LogP) is 3.77. The molecule has 0 amide bonds. The second-order valence-electron chi connectivity index (χ2n) is 5.65. The van der Waals surface area contributed by atoms with Crippen LogP contribution < -0.4 is 10.3 Å². The highest BCUT2D eigenvalue weighted by atomic mass is 35.5. The summed E-state index contributed by atoms with van der Waals surface area (Å²) in [5.41, 5.74) is 0.0109. The van der Waals surface area contributed by atoms with Gasteiger partial charge < -0.3 is 19.6 Å². The number of hydrogen-bond donors (Lipinski definition) is 2. The van der Waals surface area contributed by atoms with Gasteiger partial charge in [-0.25, -0.2) is 4.79 Å². The van der Waals surface area contributed by atoms with Gasteiger partial charge in [-0.1, -0.05) is 29.8 Å². The Labute approximate surface area is 159 Å². The molecule has 0 aliphatic rings. The maximum atomic E-state index is 12.2. The van der Waals surface area contributed by atoms with Crippen molar-refractivity contribution in [3.05, 3.63) is 75.0 Å². The first-order chi connectivity index (χ1) is 13.0. The first-order valence-electron chi connectivity index (χ1n) is 8.02. The molecule has 2 aromatic carbocycles. The minimum absolute atomic E-state index is 0.0619. The molecule has 0 spiro atoms. The molecular weight excluding hydrogens is 370 g/mol. The summed E-state index contributed by atoms with van der Waals surface area (Å²) in [5, 5.41) is 11.0. The summed E-state index contributed by atoms with van der Waals surface area (Å²) < 4.78 is 10.2. The summed E-state index contributed by atoms with van der Waals surface area (Å²) in [6.07, 6.45) is 3.38. The molecule has 6 nitrogen and oxygen atoms in total. The second kappa shape index (κ2) is 7.97. The van der Waals surface area contributed by atoms with Gasteiger partial charge in [-0.15, -0.1) is 0 Å². The van der Waals surface area contributed by atoms with Crippen LogP contribution in [-0.4, -0.2) is 29.8 Å². The van der Waals surface area contributed by atoms with Crippen molar-refractivity contribution in [2.45, 2.75) is 0 Å². The zero-order chi connectivity index (χ0) is 19.4. The number of aromatic nitrogens is 1. The third kappa shape index (κ3) is 4.12. The molecule has 1 aromatic heterocycles. The van der Waals surface area contributed by atoms with E-state index < -0.39 is 22.8 Å². The lowest BCUT2D eigenvalue weighted by Gasteiger charge is -2.07. The van der Waals surface area contributed by atoms with Gasteiger partial charge in [-0.2, -0.15) is 0 Å². The number of carbonyl (C=O) groups is 1. The highest BCUT2D eigenvalue weighted by molar-refractivity contribution is 6.31. The number of aromatic amines is 1. The largest absolute Gasteiger partial charge is 0.506 e. The Balaban J connectivity index is 1.75. The molecule has 0 aliphatic carbocycles. The van der Waals surface area contributed by atoms with Crippen molar-refractivity contribution in [2.75, 3.05) is 13.7 Å². The Morgan fingerprint density at radius 2 is 2.07 bits per heavy atom. The van der Waals surface area contributed by atoms with E-state index in [1.807, 2.05) is 24.3 Å². The fourth-order valence-corrected chi connectivity index (χ4v) is 2.74. The fraction of sp³-hybridized carbons (Fsp3) is 0.100. The number of ether oxygens (including phenoxy) is 2. The molecule has 3 aromatic rings. The van der Waals surface area contributed by atoms with E-state index in [0.717, 1.165) is 5.56 Å². The van der Waals surface area contributed by atoms with Crippen LogP contribution in [0.4, 0.5) is 0 Å². The van der Waals surface area contributed by atoms with Crippen molar-refractivity contribution in [1.82, 2.24) is 4.98 Å². The number of pyridine rings is 1. The van der Waals surface area contributed by atoms with E-state index >= 15 is 0 Å². The molecule has 7 heteroatoms. The van der Waals surface area contributed by atoms with Crippen molar-refractivity contribution in [1.29, 1.82) is 0 Å². The molecule has 0 saturated carbocycles. The molecule has 0 radical (unpaired) electrons. The minimum Gasteiger partial charge on any atom is -0.506 e. The Morgan fingerprint density at radius 1 is 1.26 bits per heavy atom. The van der Waals surface area contributed by atoms with E-state index in [2.05, 4.69) is 4.98 Å². The number of carbonyl (C=O) groups excluding carboxylic acids is 1. The lowest BCUT2D eigenvalue weighted by molar-refractivity contribution is 0.0545. The van der Waals surface area contributed by atoms with Gasteiger partial charge in [0.05, 0.1) is 12.6 Å². The topological polar surface area (TPSA) is 88.6 Å². The highest BCUT2D eigenvalue weighted by Crippen LogP contribution is 2.27. The van der Waals surface area contributed by atoms with E-state index in [-0.39, 0.29) is 6.61 Å². The first kappa shape index (κ1) is 18.5. The summed E-state index contributed by atoms with van der Waals surface area (Å²) in [4.78, 5) is 26.9. The number of halogens is 1. The van der Waals surface area contributed by atoms with Crippen molar-refractivity contribution < 1.29 is 19.4 Å². The van der Waals surface area contributed by atoms with Crippen LogP contribution in [0.3, 0.4) is 0 Å². The standard InChI is InChI=1S/C20H16ClNO5/c1-26-14-6-2-4-12(10-14)5-3-9-27-20(25)17-18(23)15-8-7-13(21)11-16(15)22-19(17)24/h2-8,10-11H,9H2,1H3,(H2,22,23,24). The summed E-state index contributed by atoms with van der Waals surface area (Å²) in [6, 6.07) is 11.9. The number of esters is 1. The maximum Gasteiger partial charge on any atom is 0.347 e. The lowest BCUT2D eigenvalue weighted by atomic mass is 10.1. The summed E-state index contributed by atoms with van der Waals surface area (Å²) in [6.45, 7) is -0.0619. The Bertz CT molecular complexity index is 1090. The maximum absolute atomic E-state index is 12.2. The van der Waals surface area contributed by atoms with Crippen LogP contribution in [0.2, 0.25) is 5.02 Å². The summed E-state index contributed by atoms with van der Waals surface area (Å²) in [5.74, 6) is -0.644. The Kier molecular flexibility index (Phi) is 5.47. The minimum atomic E-state index is -0.916. The first-order valence-corrected chi connectivity index (χ1v) is 8.39. The average molecular weight is 386 g/mol. The predicted molar refractivity (Wildman–Crippen MR) is 104 cm³/mol. The number of hydrogen-bond acceptors (Lipinski definition) is 5. The molecule has 138 valence electrons. The van der Waals surface area contributed by atoms with Crippen molar-refractivity contribution >= 4 is 34.5 Å². The van der Waals surface area contributed by atoms with Gasteiger partial charge in [-0.05, 0) is 42.0 Å². The van der Waals surface area contributed by atoms with E-state index in [1.165, 1.54) is 12.1 Å². The van der Waals surface area contributed by atoms with Crippen LogP contribution in [0, 0.1) is 0 Å². The second-order valence-corrected chi connectivity index (χ2v) is 6.08. The van der Waals surface area contributed by atoms with Crippen molar-refractivity contribution in [2.24, 2.45) is 0 Å². The van der Waals surface area contributed by atoms with E-state index in [1.54, 1.807) is 25.3 Å². The number of methoxy groups -OCH3 is 1. The SMILES string of the molecule is COc1cccc(C=CCOC(=O)c2c(O)c3ccc(Cl)cc3[nH]c2=O)c1. The van der Waals surface area contributed by atoms with Gasteiger partial charge in [0.15, 0.2) is 5.56 Å². The number of aromatic hydroxyl groups is 1. The summed E-state index contributed by atoms with van der Waals surface area (Å²) in [7, 11) is 1.58. The average Bonchev–Trinajstić information content (AvgIpc) is 2.65. The van der Waals surface area contributed by atoms with Gasteiger partial charge in [0.1, 0.15) is 18.1 Å². The van der Waals surface area contributed by atoms with Gasteiger partial charge >= 0.3 is 5.97 Å². The highest BCUT2D eigenvalue weighted by Gasteiger charge is 2.20. The molecule has 0 fully saturated rings. The van der Waals surface area contributed by atoms with Gasteiger partial charge in [0, 0.05) is 10.4 Å². The van der Waals surface area contributed by atoms with Crippen LogP contribution >= 0.6 is 11.6 Å². The molecule has 3 rings (SSSR count). The van der Waals surface area contributed by atoms with E-state index in [9.17, 15) is 14.7 Å². The van der Waals surface area contributed by atoms with Crippen LogP contribution in [0.5, 0.6) is 11.5 Å². The number of rotatable bonds is 5. The van der Waals surface area contributed by atoms with Crippen LogP contribution in [0.15, 0.2) is 53.3 Å². The summed E-state index contributed by atoms with van der Waals surface area (Å²) >= 11 is 5.87. The lowest BCUT2D eigenvalue weighted by Crippen LogP contribution is -2.20. The van der Waals surface area contributed by atoms with Gasteiger partial charge in [-0.3, -0.25) is 4.79 Å². The smallest absolute Gasteiger partial charge is 0.347 e. The van der Waals surface area contributed by atoms with Crippen LogP contribution in [0.25, 0.3) is 17.0 Å². The number of H-pyrrole nitrogens is 1. The molecule has 0 aliphatic heterocycles. The van der Waals surface area contributed by atoms with Gasteiger partial charge in [0.25, 0.3) is 5.56 Å². The third-order valence-electron chi connectivity index (χ3n) is 3.87. The molecular formula is C20H16ClNO5. The number of fused-ring (bicyclic) bond motifs is 1. The fourth-order valence-electron chi connectivity index (χ4n) is 2.57. The number of nitrogens with one attached hydrogen (secondary N) is 1. The normalized spacial score (nSPS) is 11.0. The van der Waals surface area contributed by atoms with Crippen LogP contribution in [0.1, 0.15) is 15.9 Å². The van der Waals surface area contributed by atoms with Gasteiger partial charge in [0.2, 0.25) is 0 Å². The third-order valence-corrected chi connectivity index (χ3v) is 4.10. The molecule has 0 atom stereocenters. The Hall–Kier alpha value is -3.25. The van der Waals surface area contributed by atoms with Crippen molar-refractivity contribution in [3.63, 3.8) is 0 Å². The molecule has 2 N–H and O–H groups in total.